The molecule has 0 aliphatic rings. The number of hydrogen-bond donors (Lipinski definition) is 0. The molecule has 2 heteroatoms. The molecule has 0 spiro atoms. The highest BCUT2D eigenvalue weighted by Gasteiger charge is 2.39. The minimum Gasteiger partial charge on any atom is -0.161 e. The predicted octanol–water partition coefficient (Wildman–Crippen LogP) is 3.51. The molecule has 1 unspecified atom stereocenters. The van der Waals surface area contributed by atoms with Gasteiger partial charge in [0.15, 0.2) is 7.38 Å². The molecule has 0 saturated carbocycles. The first-order chi connectivity index (χ1) is 5.86. The molecule has 72 valence electrons. The maximum absolute atomic E-state index is 6.68. The molecule has 1 atom stereocenters. The third kappa shape index (κ3) is 2.15. The second kappa shape index (κ2) is 3.47. The number of halogens is 1. The standard InChI is InChI=1S/C11H17ClSi/c1-11(2,3)13(4,12)10-8-6-5-7-9-10/h5-9H,1-4H3. The molecule has 0 nitrogen and oxygen atoms in total. The van der Waals surface area contributed by atoms with Crippen molar-refractivity contribution in [3.8, 4) is 0 Å². The minimum atomic E-state index is -1.81. The van der Waals surface area contributed by atoms with E-state index in [-0.39, 0.29) is 5.04 Å². The van der Waals surface area contributed by atoms with Crippen LogP contribution in [0.2, 0.25) is 11.6 Å². The van der Waals surface area contributed by atoms with Crippen LogP contribution in [0.1, 0.15) is 20.8 Å². The van der Waals surface area contributed by atoms with E-state index < -0.39 is 7.38 Å². The highest BCUT2D eigenvalue weighted by atomic mass is 35.6. The highest BCUT2D eigenvalue weighted by molar-refractivity contribution is 7.28. The lowest BCUT2D eigenvalue weighted by atomic mass is 10.2. The van der Waals surface area contributed by atoms with Crippen LogP contribution < -0.4 is 5.19 Å². The maximum Gasteiger partial charge on any atom is 0.189 e. The van der Waals surface area contributed by atoms with Crippen LogP contribution in [0, 0.1) is 0 Å². The van der Waals surface area contributed by atoms with Crippen molar-refractivity contribution in [1.29, 1.82) is 0 Å². The second-order valence-electron chi connectivity index (χ2n) is 4.62. The van der Waals surface area contributed by atoms with Gasteiger partial charge in [0, 0.05) is 0 Å². The summed E-state index contributed by atoms with van der Waals surface area (Å²) in [5, 5.41) is 1.53. The summed E-state index contributed by atoms with van der Waals surface area (Å²) in [6, 6.07) is 10.5. The molecule has 0 aromatic heterocycles. The molecule has 0 radical (unpaired) electrons. The van der Waals surface area contributed by atoms with E-state index in [1.807, 2.05) is 6.07 Å². The van der Waals surface area contributed by atoms with Crippen molar-refractivity contribution >= 4 is 23.6 Å². The van der Waals surface area contributed by atoms with Crippen LogP contribution in [0.3, 0.4) is 0 Å². The Balaban J connectivity index is 3.08. The Kier molecular flexibility index (Phi) is 2.88. The van der Waals surface area contributed by atoms with Crippen LogP contribution in [0.4, 0.5) is 0 Å². The van der Waals surface area contributed by atoms with Gasteiger partial charge < -0.3 is 0 Å². The summed E-state index contributed by atoms with van der Waals surface area (Å²) in [6.07, 6.45) is 0. The van der Waals surface area contributed by atoms with Gasteiger partial charge in [-0.05, 0) is 10.2 Å². The van der Waals surface area contributed by atoms with E-state index in [0.29, 0.717) is 0 Å². The highest BCUT2D eigenvalue weighted by Crippen LogP contribution is 2.38. The van der Waals surface area contributed by atoms with Gasteiger partial charge in [0.05, 0.1) is 0 Å². The molecule has 1 aromatic carbocycles. The zero-order chi connectivity index (χ0) is 10.1. The Morgan fingerprint density at radius 1 is 1.08 bits per heavy atom. The van der Waals surface area contributed by atoms with Crippen LogP contribution in [-0.4, -0.2) is 7.38 Å². The minimum absolute atomic E-state index is 0.204. The summed E-state index contributed by atoms with van der Waals surface area (Å²) in [6.45, 7) is 8.88. The molecule has 0 N–H and O–H groups in total. The fourth-order valence-electron chi connectivity index (χ4n) is 1.18. The number of rotatable bonds is 1. The van der Waals surface area contributed by atoms with Gasteiger partial charge >= 0.3 is 0 Å². The van der Waals surface area contributed by atoms with E-state index in [4.69, 9.17) is 11.1 Å². The van der Waals surface area contributed by atoms with E-state index in [2.05, 4.69) is 51.6 Å². The number of hydrogen-bond acceptors (Lipinski definition) is 0. The van der Waals surface area contributed by atoms with Crippen molar-refractivity contribution in [2.75, 3.05) is 0 Å². The lowest BCUT2D eigenvalue weighted by Gasteiger charge is -2.34. The monoisotopic (exact) mass is 212 g/mol. The molecule has 0 bridgehead atoms. The predicted molar refractivity (Wildman–Crippen MR) is 63.3 cm³/mol. The van der Waals surface area contributed by atoms with Crippen LogP contribution in [0.5, 0.6) is 0 Å². The third-order valence-electron chi connectivity index (χ3n) is 2.72. The average molecular weight is 213 g/mol. The molecule has 0 fully saturated rings. The fourth-order valence-corrected chi connectivity index (χ4v) is 3.25. The van der Waals surface area contributed by atoms with Gasteiger partial charge in [-0.25, -0.2) is 0 Å². The van der Waals surface area contributed by atoms with Crippen molar-refractivity contribution in [3.63, 3.8) is 0 Å². The first kappa shape index (κ1) is 10.8. The molecule has 0 amide bonds. The fraction of sp³-hybridized carbons (Fsp3) is 0.455. The Morgan fingerprint density at radius 3 is 1.92 bits per heavy atom. The molecule has 1 rings (SSSR count). The second-order valence-corrected chi connectivity index (χ2v) is 11.0. The van der Waals surface area contributed by atoms with E-state index in [1.165, 1.54) is 5.19 Å². The van der Waals surface area contributed by atoms with Gasteiger partial charge in [-0.15, -0.1) is 0 Å². The molecule has 0 heterocycles. The summed E-state index contributed by atoms with van der Waals surface area (Å²) >= 11 is 6.68. The van der Waals surface area contributed by atoms with Crippen LogP contribution in [-0.2, 0) is 0 Å². The first-order valence-electron chi connectivity index (χ1n) is 4.60. The van der Waals surface area contributed by atoms with Crippen molar-refractivity contribution in [2.45, 2.75) is 32.4 Å². The van der Waals surface area contributed by atoms with Gasteiger partial charge in [-0.3, -0.25) is 0 Å². The van der Waals surface area contributed by atoms with Gasteiger partial charge in [-0.2, -0.15) is 11.1 Å². The SMILES string of the molecule is CC(C)(C)[Si](C)(Cl)c1ccccc1. The van der Waals surface area contributed by atoms with E-state index in [1.54, 1.807) is 0 Å². The molecular weight excluding hydrogens is 196 g/mol. The average Bonchev–Trinajstić information content (AvgIpc) is 2.04. The maximum atomic E-state index is 6.68. The zero-order valence-corrected chi connectivity index (χ0v) is 10.5. The molecular formula is C11H17ClSi. The first-order valence-corrected chi connectivity index (χ1v) is 8.11. The lowest BCUT2D eigenvalue weighted by molar-refractivity contribution is 0.740. The van der Waals surface area contributed by atoms with Gasteiger partial charge in [0.2, 0.25) is 0 Å². The molecule has 1 aromatic rings. The van der Waals surface area contributed by atoms with Crippen molar-refractivity contribution in [2.24, 2.45) is 0 Å². The molecule has 0 aliphatic heterocycles. The van der Waals surface area contributed by atoms with Gasteiger partial charge in [0.1, 0.15) is 0 Å². The van der Waals surface area contributed by atoms with Crippen molar-refractivity contribution < 1.29 is 0 Å². The van der Waals surface area contributed by atoms with Gasteiger partial charge in [-0.1, -0.05) is 57.7 Å². The summed E-state index contributed by atoms with van der Waals surface area (Å²) in [7, 11) is -1.81. The largest absolute Gasteiger partial charge is 0.189 e. The number of benzene rings is 1. The topological polar surface area (TPSA) is 0 Å². The van der Waals surface area contributed by atoms with Crippen molar-refractivity contribution in [3.05, 3.63) is 30.3 Å². The Bertz CT molecular complexity index is 272. The van der Waals surface area contributed by atoms with Crippen molar-refractivity contribution in [1.82, 2.24) is 0 Å². The summed E-state index contributed by atoms with van der Waals surface area (Å²) in [4.78, 5) is 0. The van der Waals surface area contributed by atoms with Crippen LogP contribution in [0.15, 0.2) is 30.3 Å². The lowest BCUT2D eigenvalue weighted by Crippen LogP contribution is -2.47. The Labute approximate surface area is 86.6 Å². The quantitative estimate of drug-likeness (QED) is 0.494. The third-order valence-corrected chi connectivity index (χ3v) is 9.31. The van der Waals surface area contributed by atoms with Crippen LogP contribution >= 0.6 is 11.1 Å². The smallest absolute Gasteiger partial charge is 0.161 e. The van der Waals surface area contributed by atoms with Gasteiger partial charge in [0.25, 0.3) is 0 Å². The van der Waals surface area contributed by atoms with E-state index in [0.717, 1.165) is 0 Å². The molecule has 0 saturated heterocycles. The molecule has 0 aliphatic carbocycles. The van der Waals surface area contributed by atoms with Crippen LogP contribution in [0.25, 0.3) is 0 Å². The summed E-state index contributed by atoms with van der Waals surface area (Å²) < 4.78 is 0. The summed E-state index contributed by atoms with van der Waals surface area (Å²) in [5.41, 5.74) is 0. The Hall–Kier alpha value is -0.273. The zero-order valence-electron chi connectivity index (χ0n) is 8.76. The summed E-state index contributed by atoms with van der Waals surface area (Å²) in [5.74, 6) is 0. The van der Waals surface area contributed by atoms with E-state index >= 15 is 0 Å². The molecule has 13 heavy (non-hydrogen) atoms. The normalized spacial score (nSPS) is 16.7. The Morgan fingerprint density at radius 2 is 1.54 bits per heavy atom. The van der Waals surface area contributed by atoms with E-state index in [9.17, 15) is 0 Å².